The molecule has 0 spiro atoms. The monoisotopic (exact) mass is 320 g/mol. The summed E-state index contributed by atoms with van der Waals surface area (Å²) in [5, 5.41) is 8.88. The fourth-order valence-corrected chi connectivity index (χ4v) is 2.97. The molecule has 0 aliphatic heterocycles. The van der Waals surface area contributed by atoms with Crippen molar-refractivity contribution in [3.63, 3.8) is 0 Å². The Morgan fingerprint density at radius 1 is 1.41 bits per heavy atom. The number of nitrogens with zero attached hydrogens (tertiary/aromatic N) is 2. The summed E-state index contributed by atoms with van der Waals surface area (Å²) in [6.07, 6.45) is 0. The zero-order valence-corrected chi connectivity index (χ0v) is 13.7. The normalized spacial score (nSPS) is 12.1. The van der Waals surface area contributed by atoms with Gasteiger partial charge < -0.3 is 11.1 Å². The first-order chi connectivity index (χ1) is 10.4. The molecule has 0 aromatic carbocycles. The molecule has 0 saturated heterocycles. The molecule has 1 unspecified atom stereocenters. The molecule has 0 bridgehead atoms. The Bertz CT molecular complexity index is 690. The van der Waals surface area contributed by atoms with E-state index >= 15 is 0 Å². The van der Waals surface area contributed by atoms with Crippen molar-refractivity contribution in [3.8, 4) is 0 Å². The first-order valence-electron chi connectivity index (χ1n) is 7.04. The van der Waals surface area contributed by atoms with Crippen LogP contribution in [0.4, 0.5) is 0 Å². The van der Waals surface area contributed by atoms with Crippen LogP contribution in [0.2, 0.25) is 0 Å². The van der Waals surface area contributed by atoms with E-state index in [2.05, 4.69) is 17.3 Å². The van der Waals surface area contributed by atoms with Gasteiger partial charge in [-0.25, -0.2) is 0 Å². The number of primary amides is 1. The number of rotatable bonds is 6. The molecular weight excluding hydrogens is 300 g/mol. The van der Waals surface area contributed by atoms with Crippen molar-refractivity contribution in [1.29, 1.82) is 0 Å². The molecular formula is C15H20N4O2S. The van der Waals surface area contributed by atoms with E-state index in [1.165, 1.54) is 17.4 Å². The van der Waals surface area contributed by atoms with Crippen molar-refractivity contribution < 1.29 is 9.59 Å². The van der Waals surface area contributed by atoms with Crippen LogP contribution in [0.1, 0.15) is 38.3 Å². The molecule has 2 amide bonds. The van der Waals surface area contributed by atoms with Crippen molar-refractivity contribution in [2.24, 2.45) is 11.7 Å². The van der Waals surface area contributed by atoms with Crippen molar-refractivity contribution >= 4 is 23.2 Å². The van der Waals surface area contributed by atoms with Gasteiger partial charge in [0, 0.05) is 24.2 Å². The van der Waals surface area contributed by atoms with Gasteiger partial charge in [-0.1, -0.05) is 6.92 Å². The standard InChI is InChI=1S/C15H20N4O2S/c1-9(7-19-11(3)4-10(2)18-19)6-17-15(21)13-5-12(8-22-13)14(16)20/h4-5,8-9H,6-7H2,1-3H3,(H2,16,20)(H,17,21). The van der Waals surface area contributed by atoms with Gasteiger partial charge in [0.15, 0.2) is 0 Å². The van der Waals surface area contributed by atoms with E-state index in [-0.39, 0.29) is 11.8 Å². The maximum atomic E-state index is 12.0. The molecule has 0 aliphatic carbocycles. The molecule has 0 radical (unpaired) electrons. The van der Waals surface area contributed by atoms with Crippen molar-refractivity contribution in [3.05, 3.63) is 39.3 Å². The zero-order valence-electron chi connectivity index (χ0n) is 12.9. The van der Waals surface area contributed by atoms with E-state index in [1.54, 1.807) is 5.38 Å². The van der Waals surface area contributed by atoms with Gasteiger partial charge in [0.05, 0.1) is 16.1 Å². The first-order valence-corrected chi connectivity index (χ1v) is 7.92. The number of nitrogens with one attached hydrogen (secondary N) is 1. The summed E-state index contributed by atoms with van der Waals surface area (Å²) in [5.41, 5.74) is 7.65. The Morgan fingerprint density at radius 3 is 2.68 bits per heavy atom. The number of thiophene rings is 1. The van der Waals surface area contributed by atoms with E-state index < -0.39 is 5.91 Å². The van der Waals surface area contributed by atoms with Crippen molar-refractivity contribution in [1.82, 2.24) is 15.1 Å². The second-order valence-electron chi connectivity index (χ2n) is 5.49. The van der Waals surface area contributed by atoms with Gasteiger partial charge in [-0.3, -0.25) is 14.3 Å². The van der Waals surface area contributed by atoms with Crippen LogP contribution in [-0.2, 0) is 6.54 Å². The molecule has 1 atom stereocenters. The van der Waals surface area contributed by atoms with Gasteiger partial charge >= 0.3 is 0 Å². The number of hydrogen-bond donors (Lipinski definition) is 2. The highest BCUT2D eigenvalue weighted by molar-refractivity contribution is 7.12. The van der Waals surface area contributed by atoms with Crippen LogP contribution < -0.4 is 11.1 Å². The van der Waals surface area contributed by atoms with Gasteiger partial charge in [-0.2, -0.15) is 5.10 Å². The van der Waals surface area contributed by atoms with E-state index in [0.717, 1.165) is 17.9 Å². The van der Waals surface area contributed by atoms with Crippen LogP contribution in [-0.4, -0.2) is 28.1 Å². The highest BCUT2D eigenvalue weighted by Crippen LogP contribution is 2.14. The predicted octanol–water partition coefficient (Wildman–Crippen LogP) is 1.73. The van der Waals surface area contributed by atoms with Crippen LogP contribution >= 0.6 is 11.3 Å². The maximum Gasteiger partial charge on any atom is 0.261 e. The van der Waals surface area contributed by atoms with Gasteiger partial charge in [0.25, 0.3) is 5.91 Å². The first kappa shape index (κ1) is 16.2. The molecule has 22 heavy (non-hydrogen) atoms. The lowest BCUT2D eigenvalue weighted by atomic mass is 10.2. The Hall–Kier alpha value is -2.15. The molecule has 118 valence electrons. The van der Waals surface area contributed by atoms with Crippen LogP contribution in [0, 0.1) is 19.8 Å². The number of nitrogens with two attached hydrogens (primary N) is 1. The summed E-state index contributed by atoms with van der Waals surface area (Å²) in [7, 11) is 0. The Balaban J connectivity index is 1.87. The Morgan fingerprint density at radius 2 is 2.14 bits per heavy atom. The molecule has 2 heterocycles. The lowest BCUT2D eigenvalue weighted by Crippen LogP contribution is -2.29. The third-order valence-electron chi connectivity index (χ3n) is 3.31. The summed E-state index contributed by atoms with van der Waals surface area (Å²) in [4.78, 5) is 23.6. The van der Waals surface area contributed by atoms with E-state index in [9.17, 15) is 9.59 Å². The second-order valence-corrected chi connectivity index (χ2v) is 6.40. The topological polar surface area (TPSA) is 90.0 Å². The summed E-state index contributed by atoms with van der Waals surface area (Å²) >= 11 is 1.22. The lowest BCUT2D eigenvalue weighted by Gasteiger charge is -2.13. The zero-order chi connectivity index (χ0) is 16.3. The van der Waals surface area contributed by atoms with Gasteiger partial charge in [0.1, 0.15) is 0 Å². The number of aromatic nitrogens is 2. The summed E-state index contributed by atoms with van der Waals surface area (Å²) in [6, 6.07) is 3.55. The third-order valence-corrected chi connectivity index (χ3v) is 4.24. The summed E-state index contributed by atoms with van der Waals surface area (Å²) < 4.78 is 1.95. The summed E-state index contributed by atoms with van der Waals surface area (Å²) in [5.74, 6) is -0.455. The van der Waals surface area contributed by atoms with Crippen LogP contribution in [0.3, 0.4) is 0 Å². The number of carbonyl (C=O) groups is 2. The molecule has 2 aromatic heterocycles. The van der Waals surface area contributed by atoms with Crippen LogP contribution in [0.15, 0.2) is 17.5 Å². The minimum Gasteiger partial charge on any atom is -0.366 e. The van der Waals surface area contributed by atoms with Gasteiger partial charge in [-0.05, 0) is 31.9 Å². The van der Waals surface area contributed by atoms with Crippen molar-refractivity contribution in [2.45, 2.75) is 27.3 Å². The molecule has 2 aromatic rings. The smallest absolute Gasteiger partial charge is 0.261 e. The minimum absolute atomic E-state index is 0.183. The number of amides is 2. The molecule has 0 aliphatic rings. The molecule has 6 nitrogen and oxygen atoms in total. The highest BCUT2D eigenvalue weighted by Gasteiger charge is 2.13. The predicted molar refractivity (Wildman–Crippen MR) is 86.0 cm³/mol. The van der Waals surface area contributed by atoms with Gasteiger partial charge in [-0.15, -0.1) is 11.3 Å². The molecule has 0 saturated carbocycles. The number of carbonyl (C=O) groups excluding carboxylic acids is 2. The van der Waals surface area contributed by atoms with E-state index in [0.29, 0.717) is 17.0 Å². The summed E-state index contributed by atoms with van der Waals surface area (Å²) in [6.45, 7) is 7.32. The third kappa shape index (κ3) is 3.94. The minimum atomic E-state index is -0.520. The molecule has 7 heteroatoms. The Labute approximate surface area is 133 Å². The second kappa shape index (κ2) is 6.74. The lowest BCUT2D eigenvalue weighted by molar-refractivity contribution is 0.0950. The Kier molecular flexibility index (Phi) is 4.97. The largest absolute Gasteiger partial charge is 0.366 e. The molecule has 0 fully saturated rings. The maximum absolute atomic E-state index is 12.0. The van der Waals surface area contributed by atoms with Crippen LogP contribution in [0.5, 0.6) is 0 Å². The highest BCUT2D eigenvalue weighted by atomic mass is 32.1. The quantitative estimate of drug-likeness (QED) is 0.849. The fraction of sp³-hybridized carbons (Fsp3) is 0.400. The average molecular weight is 320 g/mol. The number of hydrogen-bond acceptors (Lipinski definition) is 4. The average Bonchev–Trinajstić information content (AvgIpc) is 3.04. The fourth-order valence-electron chi connectivity index (χ4n) is 2.16. The molecule has 3 N–H and O–H groups in total. The van der Waals surface area contributed by atoms with E-state index in [4.69, 9.17) is 5.73 Å². The number of aryl methyl sites for hydroxylation is 2. The van der Waals surface area contributed by atoms with Crippen molar-refractivity contribution in [2.75, 3.05) is 6.54 Å². The van der Waals surface area contributed by atoms with E-state index in [1.807, 2.05) is 24.6 Å². The van der Waals surface area contributed by atoms with Crippen LogP contribution in [0.25, 0.3) is 0 Å². The molecule has 2 rings (SSSR count). The van der Waals surface area contributed by atoms with Gasteiger partial charge in [0.2, 0.25) is 5.91 Å². The SMILES string of the molecule is Cc1cc(C)n(CC(C)CNC(=O)c2cc(C(N)=O)cs2)n1.